The van der Waals surface area contributed by atoms with E-state index in [1.807, 2.05) is 6.07 Å². The zero-order valence-corrected chi connectivity index (χ0v) is 10.4. The van der Waals surface area contributed by atoms with Crippen molar-refractivity contribution in [3.05, 3.63) is 70.2 Å². The molecule has 3 heteroatoms. The molecule has 0 saturated carbocycles. The van der Waals surface area contributed by atoms with Crippen LogP contribution >= 0.6 is 11.6 Å². The molecule has 0 spiro atoms. The highest BCUT2D eigenvalue weighted by atomic mass is 35.5. The van der Waals surface area contributed by atoms with Crippen LogP contribution in [0.4, 0.5) is 0 Å². The van der Waals surface area contributed by atoms with Gasteiger partial charge in [0.05, 0.1) is 0 Å². The molecule has 2 nitrogen and oxygen atoms in total. The van der Waals surface area contributed by atoms with Crippen LogP contribution in [0.2, 0.25) is 5.02 Å². The molecule has 0 aliphatic carbocycles. The molecule has 18 heavy (non-hydrogen) atoms. The van der Waals surface area contributed by atoms with Crippen molar-refractivity contribution in [1.29, 1.82) is 0 Å². The topological polar surface area (TPSA) is 34.1 Å². The molecule has 0 fully saturated rings. The first-order chi connectivity index (χ1) is 8.70. The second-order valence-corrected chi connectivity index (χ2v) is 4.36. The van der Waals surface area contributed by atoms with Crippen molar-refractivity contribution in [3.8, 4) is 0 Å². The first-order valence-corrected chi connectivity index (χ1v) is 5.90. The van der Waals surface area contributed by atoms with E-state index in [2.05, 4.69) is 0 Å². The number of carbonyl (C=O) groups excluding carboxylic acids is 2. The Kier molecular flexibility index (Phi) is 3.90. The van der Waals surface area contributed by atoms with Gasteiger partial charge < -0.3 is 0 Å². The largest absolute Gasteiger partial charge is 0.298 e. The van der Waals surface area contributed by atoms with Crippen molar-refractivity contribution >= 4 is 23.7 Å². The van der Waals surface area contributed by atoms with Gasteiger partial charge in [0.1, 0.15) is 6.29 Å². The molecule has 0 radical (unpaired) electrons. The number of hydrogen-bond donors (Lipinski definition) is 0. The lowest BCUT2D eigenvalue weighted by Gasteiger charge is -2.04. The van der Waals surface area contributed by atoms with Gasteiger partial charge in [0, 0.05) is 22.6 Å². The maximum atomic E-state index is 12.0. The Balaban J connectivity index is 2.21. The Morgan fingerprint density at radius 1 is 1.06 bits per heavy atom. The van der Waals surface area contributed by atoms with Crippen LogP contribution in [0, 0.1) is 0 Å². The van der Waals surface area contributed by atoms with Crippen LogP contribution in [0.1, 0.15) is 26.3 Å². The molecule has 0 N–H and O–H groups in total. The fourth-order valence-corrected chi connectivity index (χ4v) is 1.85. The molecular formula is C15H11ClO2. The van der Waals surface area contributed by atoms with Gasteiger partial charge in [-0.05, 0) is 29.8 Å². The highest BCUT2D eigenvalue weighted by Crippen LogP contribution is 2.14. The summed E-state index contributed by atoms with van der Waals surface area (Å²) in [6, 6.07) is 13.8. The van der Waals surface area contributed by atoms with Crippen molar-refractivity contribution in [2.24, 2.45) is 0 Å². The van der Waals surface area contributed by atoms with E-state index in [1.165, 1.54) is 0 Å². The zero-order chi connectivity index (χ0) is 13.0. The molecule has 0 bridgehead atoms. The number of Topliss-reactive ketones (excluding diaryl/α,β-unsaturated/α-hetero) is 1. The average Bonchev–Trinajstić information content (AvgIpc) is 2.40. The maximum Gasteiger partial charge on any atom is 0.167 e. The number of ketones is 1. The van der Waals surface area contributed by atoms with Gasteiger partial charge in [-0.3, -0.25) is 9.59 Å². The normalized spacial score (nSPS) is 10.1. The highest BCUT2D eigenvalue weighted by Gasteiger charge is 2.09. The standard InChI is InChI=1S/C15H11ClO2/c16-14-7-5-11(6-8-14)15(18)9-12-3-1-2-4-13(12)10-17/h1-8,10H,9H2. The van der Waals surface area contributed by atoms with E-state index < -0.39 is 0 Å². The summed E-state index contributed by atoms with van der Waals surface area (Å²) in [5.41, 5.74) is 1.90. The molecule has 2 aromatic rings. The van der Waals surface area contributed by atoms with Crippen LogP contribution in [0.3, 0.4) is 0 Å². The third-order valence-corrected chi connectivity index (χ3v) is 2.95. The predicted octanol–water partition coefficient (Wildman–Crippen LogP) is 3.58. The van der Waals surface area contributed by atoms with Crippen LogP contribution in [0.25, 0.3) is 0 Å². The van der Waals surface area contributed by atoms with E-state index in [0.29, 0.717) is 16.1 Å². The minimum Gasteiger partial charge on any atom is -0.298 e. The minimum absolute atomic E-state index is 0.0269. The molecule has 0 amide bonds. The second kappa shape index (κ2) is 5.61. The zero-order valence-electron chi connectivity index (χ0n) is 9.60. The average molecular weight is 259 g/mol. The van der Waals surface area contributed by atoms with E-state index in [0.717, 1.165) is 11.8 Å². The Bertz CT molecular complexity index is 573. The summed E-state index contributed by atoms with van der Waals surface area (Å²) in [7, 11) is 0. The summed E-state index contributed by atoms with van der Waals surface area (Å²) < 4.78 is 0. The second-order valence-electron chi connectivity index (χ2n) is 3.92. The third-order valence-electron chi connectivity index (χ3n) is 2.70. The summed E-state index contributed by atoms with van der Waals surface area (Å²) in [5.74, 6) is -0.0269. The van der Waals surface area contributed by atoms with Gasteiger partial charge in [-0.15, -0.1) is 0 Å². The van der Waals surface area contributed by atoms with Gasteiger partial charge in [-0.2, -0.15) is 0 Å². The Morgan fingerprint density at radius 3 is 2.39 bits per heavy atom. The first kappa shape index (κ1) is 12.5. The summed E-state index contributed by atoms with van der Waals surface area (Å²) in [5, 5.41) is 0.597. The van der Waals surface area contributed by atoms with Gasteiger partial charge in [0.2, 0.25) is 0 Å². The van der Waals surface area contributed by atoms with Crippen molar-refractivity contribution in [3.63, 3.8) is 0 Å². The Hall–Kier alpha value is -1.93. The number of carbonyl (C=O) groups is 2. The van der Waals surface area contributed by atoms with Gasteiger partial charge in [-0.1, -0.05) is 35.9 Å². The lowest BCUT2D eigenvalue weighted by molar-refractivity contribution is 0.0993. The molecule has 0 saturated heterocycles. The van der Waals surface area contributed by atoms with E-state index >= 15 is 0 Å². The number of benzene rings is 2. The van der Waals surface area contributed by atoms with Crippen molar-refractivity contribution in [2.45, 2.75) is 6.42 Å². The molecule has 2 rings (SSSR count). The lowest BCUT2D eigenvalue weighted by atomic mass is 9.99. The molecule has 2 aromatic carbocycles. The van der Waals surface area contributed by atoms with E-state index in [9.17, 15) is 9.59 Å². The minimum atomic E-state index is -0.0269. The SMILES string of the molecule is O=Cc1ccccc1CC(=O)c1ccc(Cl)cc1. The van der Waals surface area contributed by atoms with Crippen LogP contribution in [0.15, 0.2) is 48.5 Å². The molecular weight excluding hydrogens is 248 g/mol. The Labute approximate surface area is 110 Å². The summed E-state index contributed by atoms with van der Waals surface area (Å²) >= 11 is 5.77. The summed E-state index contributed by atoms with van der Waals surface area (Å²) in [4.78, 5) is 22.9. The molecule has 90 valence electrons. The molecule has 0 unspecified atom stereocenters. The van der Waals surface area contributed by atoms with Crippen LogP contribution in [0.5, 0.6) is 0 Å². The van der Waals surface area contributed by atoms with E-state index in [4.69, 9.17) is 11.6 Å². The fourth-order valence-electron chi connectivity index (χ4n) is 1.72. The van der Waals surface area contributed by atoms with Gasteiger partial charge in [0.15, 0.2) is 5.78 Å². The van der Waals surface area contributed by atoms with Gasteiger partial charge in [0.25, 0.3) is 0 Å². The van der Waals surface area contributed by atoms with Gasteiger partial charge >= 0.3 is 0 Å². The van der Waals surface area contributed by atoms with Crippen molar-refractivity contribution in [2.75, 3.05) is 0 Å². The molecule has 0 atom stereocenters. The van der Waals surface area contributed by atoms with Crippen LogP contribution in [-0.2, 0) is 6.42 Å². The molecule has 0 aliphatic heterocycles. The van der Waals surface area contributed by atoms with Gasteiger partial charge in [-0.25, -0.2) is 0 Å². The summed E-state index contributed by atoms with van der Waals surface area (Å²) in [6.07, 6.45) is 0.987. The van der Waals surface area contributed by atoms with Crippen LogP contribution in [-0.4, -0.2) is 12.1 Å². The van der Waals surface area contributed by atoms with Crippen molar-refractivity contribution < 1.29 is 9.59 Å². The smallest absolute Gasteiger partial charge is 0.167 e. The summed E-state index contributed by atoms with van der Waals surface area (Å²) in [6.45, 7) is 0. The number of rotatable bonds is 4. The number of hydrogen-bond acceptors (Lipinski definition) is 2. The van der Waals surface area contributed by atoms with Crippen molar-refractivity contribution in [1.82, 2.24) is 0 Å². The number of halogens is 1. The van der Waals surface area contributed by atoms with Crippen LogP contribution < -0.4 is 0 Å². The maximum absolute atomic E-state index is 12.0. The lowest BCUT2D eigenvalue weighted by Crippen LogP contribution is -2.05. The van der Waals surface area contributed by atoms with E-state index in [1.54, 1.807) is 42.5 Å². The first-order valence-electron chi connectivity index (χ1n) is 5.52. The third kappa shape index (κ3) is 2.84. The molecule has 0 aromatic heterocycles. The highest BCUT2D eigenvalue weighted by molar-refractivity contribution is 6.30. The fraction of sp³-hybridized carbons (Fsp3) is 0.0667. The van der Waals surface area contributed by atoms with E-state index in [-0.39, 0.29) is 12.2 Å². The molecule has 0 aliphatic rings. The quantitative estimate of drug-likeness (QED) is 0.621. The monoisotopic (exact) mass is 258 g/mol. The number of aldehydes is 1. The molecule has 0 heterocycles. The predicted molar refractivity (Wildman–Crippen MR) is 71.3 cm³/mol. The Morgan fingerprint density at radius 2 is 1.72 bits per heavy atom.